The number of hydrogen-bond acceptors (Lipinski definition) is 5. The van der Waals surface area contributed by atoms with E-state index in [1.807, 2.05) is 19.1 Å². The van der Waals surface area contributed by atoms with Crippen LogP contribution in [0, 0.1) is 11.3 Å². The Kier molecular flexibility index (Phi) is 7.07. The highest BCUT2D eigenvalue weighted by Gasteiger charge is 2.22. The molecule has 0 atom stereocenters. The Labute approximate surface area is 159 Å². The van der Waals surface area contributed by atoms with Gasteiger partial charge in [-0.3, -0.25) is 4.79 Å². The second kappa shape index (κ2) is 9.48. The number of nitrogens with zero attached hydrogens (tertiary/aromatic N) is 2. The summed E-state index contributed by atoms with van der Waals surface area (Å²) in [6.07, 6.45) is 0.817. The van der Waals surface area contributed by atoms with E-state index in [0.717, 1.165) is 12.0 Å². The van der Waals surface area contributed by atoms with Crippen molar-refractivity contribution >= 4 is 5.91 Å². The van der Waals surface area contributed by atoms with Crippen LogP contribution in [0.5, 0.6) is 17.2 Å². The lowest BCUT2D eigenvalue weighted by Gasteiger charge is -2.24. The number of carbonyl (C=O) groups excluding carboxylic acids is 1. The highest BCUT2D eigenvalue weighted by Crippen LogP contribution is 2.35. The van der Waals surface area contributed by atoms with Crippen molar-refractivity contribution in [1.82, 2.24) is 4.90 Å². The maximum absolute atomic E-state index is 13.2. The first-order valence-electron chi connectivity index (χ1n) is 8.66. The molecule has 0 saturated carbocycles. The molecule has 0 N–H and O–H groups in total. The monoisotopic (exact) mass is 368 g/mol. The Bertz CT molecular complexity index is 825. The van der Waals surface area contributed by atoms with E-state index in [9.17, 15) is 4.79 Å². The first-order valence-corrected chi connectivity index (χ1v) is 8.66. The number of nitriles is 1. The lowest BCUT2D eigenvalue weighted by molar-refractivity contribution is 0.0739. The molecule has 2 aromatic carbocycles. The summed E-state index contributed by atoms with van der Waals surface area (Å²) >= 11 is 0. The number of rotatable bonds is 8. The van der Waals surface area contributed by atoms with Gasteiger partial charge in [-0.2, -0.15) is 5.26 Å². The molecule has 27 heavy (non-hydrogen) atoms. The second-order valence-electron chi connectivity index (χ2n) is 5.94. The fourth-order valence-corrected chi connectivity index (χ4v) is 2.79. The van der Waals surface area contributed by atoms with Crippen molar-refractivity contribution in [3.8, 4) is 23.3 Å². The zero-order valence-corrected chi connectivity index (χ0v) is 16.1. The molecule has 142 valence electrons. The van der Waals surface area contributed by atoms with Crippen LogP contribution in [-0.4, -0.2) is 38.7 Å². The van der Waals surface area contributed by atoms with Crippen LogP contribution >= 0.6 is 0 Å². The van der Waals surface area contributed by atoms with Crippen LogP contribution in [0.25, 0.3) is 0 Å². The van der Waals surface area contributed by atoms with Gasteiger partial charge in [0.2, 0.25) is 0 Å². The van der Waals surface area contributed by atoms with Crippen LogP contribution in [0.1, 0.15) is 34.8 Å². The third kappa shape index (κ3) is 4.70. The molecule has 0 aliphatic heterocycles. The summed E-state index contributed by atoms with van der Waals surface area (Å²) in [7, 11) is 4.58. The molecule has 6 nitrogen and oxygen atoms in total. The molecule has 0 saturated heterocycles. The summed E-state index contributed by atoms with van der Waals surface area (Å²) in [6, 6.07) is 12.6. The largest absolute Gasteiger partial charge is 0.496 e. The number of amides is 1. The zero-order valence-electron chi connectivity index (χ0n) is 16.1. The standard InChI is InChI=1S/C21H24N2O4/c1-5-10-23(14-16-8-6-15(13-22)7-9-16)21(24)17-11-19(26-3)20(27-4)12-18(17)25-2/h6-9,11-12H,5,10,14H2,1-4H3. The Hall–Kier alpha value is -3.20. The summed E-state index contributed by atoms with van der Waals surface area (Å²) in [4.78, 5) is 15.0. The van der Waals surface area contributed by atoms with E-state index in [4.69, 9.17) is 19.5 Å². The summed E-state index contributed by atoms with van der Waals surface area (Å²) < 4.78 is 16.0. The van der Waals surface area contributed by atoms with Gasteiger partial charge < -0.3 is 19.1 Å². The van der Waals surface area contributed by atoms with Gasteiger partial charge in [0.25, 0.3) is 5.91 Å². The fraction of sp³-hybridized carbons (Fsp3) is 0.333. The molecule has 0 aliphatic rings. The van der Waals surface area contributed by atoms with Crippen LogP contribution < -0.4 is 14.2 Å². The van der Waals surface area contributed by atoms with Crippen LogP contribution in [0.3, 0.4) is 0 Å². The van der Waals surface area contributed by atoms with Gasteiger partial charge >= 0.3 is 0 Å². The molecule has 0 radical (unpaired) electrons. The van der Waals surface area contributed by atoms with Crippen molar-refractivity contribution in [2.75, 3.05) is 27.9 Å². The first-order chi connectivity index (χ1) is 13.1. The van der Waals surface area contributed by atoms with E-state index >= 15 is 0 Å². The number of carbonyl (C=O) groups is 1. The summed E-state index contributed by atoms with van der Waals surface area (Å²) in [5.41, 5.74) is 1.96. The summed E-state index contributed by atoms with van der Waals surface area (Å²) in [6.45, 7) is 3.05. The molecule has 1 amide bonds. The Morgan fingerprint density at radius 3 is 2.11 bits per heavy atom. The number of hydrogen-bond donors (Lipinski definition) is 0. The average molecular weight is 368 g/mol. The summed E-state index contributed by atoms with van der Waals surface area (Å²) in [5.74, 6) is 1.24. The van der Waals surface area contributed by atoms with E-state index in [1.165, 1.54) is 21.3 Å². The minimum atomic E-state index is -0.154. The number of methoxy groups -OCH3 is 3. The highest BCUT2D eigenvalue weighted by atomic mass is 16.5. The predicted molar refractivity (Wildman–Crippen MR) is 102 cm³/mol. The number of benzene rings is 2. The molecule has 0 heterocycles. The molecule has 0 aromatic heterocycles. The third-order valence-corrected chi connectivity index (χ3v) is 4.17. The van der Waals surface area contributed by atoms with E-state index in [1.54, 1.807) is 29.2 Å². The Morgan fingerprint density at radius 2 is 1.59 bits per heavy atom. The van der Waals surface area contributed by atoms with Crippen molar-refractivity contribution in [2.24, 2.45) is 0 Å². The quantitative estimate of drug-likeness (QED) is 0.711. The molecular formula is C21H24N2O4. The van der Waals surface area contributed by atoms with Crippen molar-refractivity contribution in [3.63, 3.8) is 0 Å². The summed E-state index contributed by atoms with van der Waals surface area (Å²) in [5, 5.41) is 8.93. The van der Waals surface area contributed by atoms with Crippen molar-refractivity contribution in [1.29, 1.82) is 5.26 Å². The molecule has 2 rings (SSSR count). The molecule has 6 heteroatoms. The van der Waals surface area contributed by atoms with E-state index in [-0.39, 0.29) is 5.91 Å². The lowest BCUT2D eigenvalue weighted by atomic mass is 10.1. The van der Waals surface area contributed by atoms with E-state index in [0.29, 0.717) is 41.5 Å². The van der Waals surface area contributed by atoms with Gasteiger partial charge in [0.1, 0.15) is 5.75 Å². The van der Waals surface area contributed by atoms with Gasteiger partial charge in [-0.15, -0.1) is 0 Å². The molecule has 2 aromatic rings. The SMILES string of the molecule is CCCN(Cc1ccc(C#N)cc1)C(=O)c1cc(OC)c(OC)cc1OC. The van der Waals surface area contributed by atoms with Gasteiger partial charge in [0.05, 0.1) is 38.5 Å². The smallest absolute Gasteiger partial charge is 0.258 e. The number of ether oxygens (including phenoxy) is 3. The predicted octanol–water partition coefficient (Wildman–Crippen LogP) is 3.64. The Balaban J connectivity index is 2.36. The van der Waals surface area contributed by atoms with Crippen molar-refractivity contribution in [3.05, 3.63) is 53.1 Å². The molecule has 0 aliphatic carbocycles. The molecular weight excluding hydrogens is 344 g/mol. The zero-order chi connectivity index (χ0) is 19.8. The topological polar surface area (TPSA) is 71.8 Å². The van der Waals surface area contributed by atoms with Crippen LogP contribution in [-0.2, 0) is 6.54 Å². The van der Waals surface area contributed by atoms with Crippen molar-refractivity contribution in [2.45, 2.75) is 19.9 Å². The van der Waals surface area contributed by atoms with E-state index < -0.39 is 0 Å². The minimum Gasteiger partial charge on any atom is -0.496 e. The van der Waals surface area contributed by atoms with Gasteiger partial charge in [-0.05, 0) is 24.1 Å². The van der Waals surface area contributed by atoms with Gasteiger partial charge in [-0.1, -0.05) is 19.1 Å². The maximum Gasteiger partial charge on any atom is 0.258 e. The third-order valence-electron chi connectivity index (χ3n) is 4.17. The van der Waals surface area contributed by atoms with Gasteiger partial charge in [-0.25, -0.2) is 0 Å². The van der Waals surface area contributed by atoms with Gasteiger partial charge in [0.15, 0.2) is 11.5 Å². The first kappa shape index (κ1) is 20.1. The highest BCUT2D eigenvalue weighted by molar-refractivity contribution is 5.97. The van der Waals surface area contributed by atoms with Crippen LogP contribution in [0.4, 0.5) is 0 Å². The molecule has 0 spiro atoms. The average Bonchev–Trinajstić information content (AvgIpc) is 2.72. The molecule has 0 unspecified atom stereocenters. The van der Waals surface area contributed by atoms with Crippen molar-refractivity contribution < 1.29 is 19.0 Å². The van der Waals surface area contributed by atoms with Crippen LogP contribution in [0.2, 0.25) is 0 Å². The van der Waals surface area contributed by atoms with Gasteiger partial charge in [0, 0.05) is 25.2 Å². The Morgan fingerprint density at radius 1 is 1.00 bits per heavy atom. The maximum atomic E-state index is 13.2. The normalized spacial score (nSPS) is 10.0. The van der Waals surface area contributed by atoms with E-state index in [2.05, 4.69) is 6.07 Å². The lowest BCUT2D eigenvalue weighted by Crippen LogP contribution is -2.31. The second-order valence-corrected chi connectivity index (χ2v) is 5.94. The minimum absolute atomic E-state index is 0.154. The molecule has 0 fully saturated rings. The fourth-order valence-electron chi connectivity index (χ4n) is 2.79. The van der Waals surface area contributed by atoms with Crippen LogP contribution in [0.15, 0.2) is 36.4 Å². The molecule has 0 bridgehead atoms.